The molecule has 178 valence electrons. The highest BCUT2D eigenvalue weighted by molar-refractivity contribution is 5.76. The first-order valence-electron chi connectivity index (χ1n) is 14.0. The number of amides is 1. The quantitative estimate of drug-likeness (QED) is 0.179. The topological polar surface area (TPSA) is 20.3 Å². The monoisotopic (exact) mass is 421 g/mol. The van der Waals surface area contributed by atoms with E-state index in [1.807, 2.05) is 0 Å². The van der Waals surface area contributed by atoms with Gasteiger partial charge in [0.15, 0.2) is 0 Å². The van der Waals surface area contributed by atoms with Crippen molar-refractivity contribution in [1.29, 1.82) is 0 Å². The van der Waals surface area contributed by atoms with E-state index in [0.29, 0.717) is 5.91 Å². The smallest absolute Gasteiger partial charge is 0.222 e. The molecule has 0 unspecified atom stereocenters. The van der Waals surface area contributed by atoms with E-state index in [1.165, 1.54) is 128 Å². The van der Waals surface area contributed by atoms with Crippen molar-refractivity contribution >= 4 is 5.91 Å². The summed E-state index contributed by atoms with van der Waals surface area (Å²) in [6.45, 7) is 6.60. The van der Waals surface area contributed by atoms with Crippen molar-refractivity contribution < 1.29 is 4.79 Å². The Morgan fingerprint density at radius 2 is 0.933 bits per heavy atom. The number of unbranched alkanes of at least 4 members (excludes halogenated alkanes) is 18. The first kappa shape index (κ1) is 27.5. The van der Waals surface area contributed by atoms with Crippen LogP contribution >= 0.6 is 0 Å². The summed E-state index contributed by atoms with van der Waals surface area (Å²) in [4.78, 5) is 14.3. The molecule has 0 bridgehead atoms. The first-order chi connectivity index (χ1) is 14.7. The third kappa shape index (κ3) is 16.2. The molecule has 0 aromatic heterocycles. The number of hydrogen-bond donors (Lipinski definition) is 0. The maximum Gasteiger partial charge on any atom is 0.222 e. The van der Waals surface area contributed by atoms with Crippen LogP contribution in [0, 0.1) is 5.92 Å². The van der Waals surface area contributed by atoms with Crippen LogP contribution in [-0.2, 0) is 4.79 Å². The van der Waals surface area contributed by atoms with Crippen LogP contribution in [0.15, 0.2) is 0 Å². The fourth-order valence-electron chi connectivity index (χ4n) is 4.77. The molecule has 0 spiro atoms. The van der Waals surface area contributed by atoms with E-state index >= 15 is 0 Å². The van der Waals surface area contributed by atoms with Crippen LogP contribution < -0.4 is 0 Å². The van der Waals surface area contributed by atoms with Crippen LogP contribution in [0.4, 0.5) is 0 Å². The van der Waals surface area contributed by atoms with Gasteiger partial charge in [0.2, 0.25) is 5.91 Å². The summed E-state index contributed by atoms with van der Waals surface area (Å²) in [5.41, 5.74) is 0. The normalized spacial score (nSPS) is 15.1. The third-order valence-electron chi connectivity index (χ3n) is 7.13. The molecule has 0 radical (unpaired) electrons. The number of piperidine rings is 1. The Labute approximate surface area is 190 Å². The van der Waals surface area contributed by atoms with E-state index in [4.69, 9.17) is 0 Å². The van der Waals surface area contributed by atoms with Gasteiger partial charge in [-0.05, 0) is 25.2 Å². The van der Waals surface area contributed by atoms with Crippen molar-refractivity contribution in [3.63, 3.8) is 0 Å². The lowest BCUT2D eigenvalue weighted by Gasteiger charge is -2.30. The van der Waals surface area contributed by atoms with Crippen molar-refractivity contribution in [3.05, 3.63) is 0 Å². The lowest BCUT2D eigenvalue weighted by molar-refractivity contribution is -0.132. The van der Waals surface area contributed by atoms with Gasteiger partial charge in [-0.3, -0.25) is 4.79 Å². The minimum absolute atomic E-state index is 0.411. The maximum atomic E-state index is 12.2. The molecule has 0 atom stereocenters. The average molecular weight is 422 g/mol. The predicted molar refractivity (Wildman–Crippen MR) is 133 cm³/mol. The van der Waals surface area contributed by atoms with Crippen molar-refractivity contribution in [3.8, 4) is 0 Å². The zero-order valence-electron chi connectivity index (χ0n) is 20.9. The van der Waals surface area contributed by atoms with Crippen LogP contribution in [0.1, 0.15) is 155 Å². The molecular weight excluding hydrogens is 366 g/mol. The van der Waals surface area contributed by atoms with E-state index in [0.717, 1.165) is 31.8 Å². The fraction of sp³-hybridized carbons (Fsp3) is 0.964. The van der Waals surface area contributed by atoms with E-state index in [-0.39, 0.29) is 0 Å². The van der Waals surface area contributed by atoms with E-state index in [9.17, 15) is 4.79 Å². The number of rotatable bonds is 20. The Balaban J connectivity index is 1.71. The van der Waals surface area contributed by atoms with Gasteiger partial charge in [0.1, 0.15) is 0 Å². The molecule has 0 aromatic carbocycles. The molecule has 2 nitrogen and oxygen atoms in total. The fourth-order valence-corrected chi connectivity index (χ4v) is 4.77. The van der Waals surface area contributed by atoms with Crippen molar-refractivity contribution in [2.75, 3.05) is 13.1 Å². The second kappa shape index (κ2) is 20.4. The van der Waals surface area contributed by atoms with Crippen LogP contribution in [0.25, 0.3) is 0 Å². The lowest BCUT2D eigenvalue weighted by atomic mass is 9.99. The second-order valence-corrected chi connectivity index (χ2v) is 10.2. The Morgan fingerprint density at radius 1 is 0.600 bits per heavy atom. The van der Waals surface area contributed by atoms with Gasteiger partial charge in [0.05, 0.1) is 0 Å². The molecule has 0 N–H and O–H groups in total. The molecule has 0 aliphatic carbocycles. The lowest BCUT2D eigenvalue weighted by Crippen LogP contribution is -2.37. The Bertz CT molecular complexity index is 373. The number of nitrogens with zero attached hydrogens (tertiary/aromatic N) is 1. The third-order valence-corrected chi connectivity index (χ3v) is 7.13. The zero-order chi connectivity index (χ0) is 21.7. The molecule has 30 heavy (non-hydrogen) atoms. The number of carbonyl (C=O) groups excluding carboxylic acids is 1. The maximum absolute atomic E-state index is 12.2. The van der Waals surface area contributed by atoms with Crippen LogP contribution in [0.5, 0.6) is 0 Å². The van der Waals surface area contributed by atoms with Crippen molar-refractivity contribution in [2.24, 2.45) is 5.92 Å². The zero-order valence-corrected chi connectivity index (χ0v) is 20.9. The van der Waals surface area contributed by atoms with Crippen molar-refractivity contribution in [2.45, 2.75) is 155 Å². The van der Waals surface area contributed by atoms with Gasteiger partial charge in [-0.15, -0.1) is 0 Å². The summed E-state index contributed by atoms with van der Waals surface area (Å²) in [7, 11) is 0. The van der Waals surface area contributed by atoms with E-state index in [2.05, 4.69) is 18.7 Å². The molecule has 1 rings (SSSR count). The van der Waals surface area contributed by atoms with Gasteiger partial charge in [-0.1, -0.05) is 129 Å². The second-order valence-electron chi connectivity index (χ2n) is 10.2. The molecule has 0 aromatic rings. The summed E-state index contributed by atoms with van der Waals surface area (Å²) in [6, 6.07) is 0. The summed E-state index contributed by atoms with van der Waals surface area (Å²) in [5, 5.41) is 0. The van der Waals surface area contributed by atoms with E-state index in [1.54, 1.807) is 0 Å². The van der Waals surface area contributed by atoms with Crippen LogP contribution in [0.3, 0.4) is 0 Å². The molecule has 1 aliphatic rings. The summed E-state index contributed by atoms with van der Waals surface area (Å²) >= 11 is 0. The van der Waals surface area contributed by atoms with Crippen LogP contribution in [-0.4, -0.2) is 23.9 Å². The highest BCUT2D eigenvalue weighted by Crippen LogP contribution is 2.18. The minimum atomic E-state index is 0.411. The molecule has 1 saturated heterocycles. The van der Waals surface area contributed by atoms with Gasteiger partial charge in [-0.2, -0.15) is 0 Å². The van der Waals surface area contributed by atoms with Gasteiger partial charge >= 0.3 is 0 Å². The predicted octanol–water partition coefficient (Wildman–Crippen LogP) is 9.07. The molecule has 2 heteroatoms. The summed E-state index contributed by atoms with van der Waals surface area (Å²) in [6.07, 6.45) is 29.9. The number of likely N-dealkylation sites (tertiary alicyclic amines) is 1. The SMILES string of the molecule is CCCCCCCCCCCCCCCCCCCCCC(=O)N1CCC(C)CC1. The Morgan fingerprint density at radius 3 is 1.30 bits per heavy atom. The Kier molecular flexibility index (Phi) is 18.7. The van der Waals surface area contributed by atoms with Gasteiger partial charge in [0, 0.05) is 19.5 Å². The highest BCUT2D eigenvalue weighted by atomic mass is 16.2. The number of carbonyl (C=O) groups is 1. The molecule has 1 aliphatic heterocycles. The number of hydrogen-bond acceptors (Lipinski definition) is 1. The summed E-state index contributed by atoms with van der Waals surface area (Å²) in [5.74, 6) is 1.22. The Hall–Kier alpha value is -0.530. The largest absolute Gasteiger partial charge is 0.343 e. The van der Waals surface area contributed by atoms with Gasteiger partial charge < -0.3 is 4.90 Å². The standard InChI is InChI=1S/C28H55NO/c1-3-4-5-6-7-8-9-10-11-12-13-14-15-16-17-18-19-20-21-22-28(30)29-25-23-27(2)24-26-29/h27H,3-26H2,1-2H3. The van der Waals surface area contributed by atoms with E-state index < -0.39 is 0 Å². The molecule has 1 amide bonds. The molecular formula is C28H55NO. The highest BCUT2D eigenvalue weighted by Gasteiger charge is 2.19. The average Bonchev–Trinajstić information content (AvgIpc) is 2.75. The van der Waals surface area contributed by atoms with Gasteiger partial charge in [0.25, 0.3) is 0 Å². The first-order valence-corrected chi connectivity index (χ1v) is 14.0. The molecule has 1 fully saturated rings. The van der Waals surface area contributed by atoms with Gasteiger partial charge in [-0.25, -0.2) is 0 Å². The van der Waals surface area contributed by atoms with Crippen molar-refractivity contribution in [1.82, 2.24) is 4.90 Å². The minimum Gasteiger partial charge on any atom is -0.343 e. The summed E-state index contributed by atoms with van der Waals surface area (Å²) < 4.78 is 0. The van der Waals surface area contributed by atoms with Crippen LogP contribution in [0.2, 0.25) is 0 Å². The molecule has 0 saturated carbocycles. The molecule has 1 heterocycles.